The van der Waals surface area contributed by atoms with E-state index in [0.29, 0.717) is 29.2 Å². The largest absolute Gasteiger partial charge is 0.481 e. The third-order valence-corrected chi connectivity index (χ3v) is 7.07. The van der Waals surface area contributed by atoms with Gasteiger partial charge in [0.15, 0.2) is 11.4 Å². The second-order valence-corrected chi connectivity index (χ2v) is 10.1. The van der Waals surface area contributed by atoms with E-state index in [1.165, 1.54) is 24.3 Å². The highest BCUT2D eigenvalue weighted by molar-refractivity contribution is 6.30. The van der Waals surface area contributed by atoms with Gasteiger partial charge < -0.3 is 19.6 Å². The number of carboxylic acids is 1. The van der Waals surface area contributed by atoms with Gasteiger partial charge >= 0.3 is 12.1 Å². The third kappa shape index (κ3) is 6.19. The number of aliphatic carboxylic acids is 1. The van der Waals surface area contributed by atoms with E-state index in [-0.39, 0.29) is 29.7 Å². The fourth-order valence-corrected chi connectivity index (χ4v) is 5.07. The van der Waals surface area contributed by atoms with E-state index in [0.717, 1.165) is 30.3 Å². The zero-order chi connectivity index (χ0) is 28.4. The molecule has 9 nitrogen and oxygen atoms in total. The number of likely N-dealkylation sites (tertiary alicyclic amines) is 1. The molecule has 2 aromatic carbocycles. The van der Waals surface area contributed by atoms with Crippen LogP contribution in [0.25, 0.3) is 28.7 Å². The molecule has 2 atom stereocenters. The molecule has 0 radical (unpaired) electrons. The molecule has 2 aromatic heterocycles. The van der Waals surface area contributed by atoms with Crippen molar-refractivity contribution in [1.82, 2.24) is 24.6 Å². The van der Waals surface area contributed by atoms with Gasteiger partial charge in [-0.25, -0.2) is 4.98 Å². The van der Waals surface area contributed by atoms with E-state index in [1.807, 2.05) is 0 Å². The molecule has 1 saturated heterocycles. The Bertz CT molecular complexity index is 1470. The molecule has 0 spiro atoms. The number of aromatic nitrogens is 4. The van der Waals surface area contributed by atoms with E-state index in [2.05, 4.69) is 20.0 Å². The molecule has 1 aliphatic heterocycles. The number of hydrogen-bond acceptors (Lipinski definition) is 7. The minimum Gasteiger partial charge on any atom is -0.481 e. The topological polar surface area (TPSA) is 118 Å². The number of rotatable bonds is 8. The molecule has 1 aliphatic rings. The summed E-state index contributed by atoms with van der Waals surface area (Å²) in [7, 11) is 0. The van der Waals surface area contributed by atoms with Crippen molar-refractivity contribution in [2.45, 2.75) is 31.5 Å². The van der Waals surface area contributed by atoms with Crippen LogP contribution in [0.15, 0.2) is 59.4 Å². The number of nitrogens with zero attached hydrogens (tertiary/aromatic N) is 5. The molecule has 0 saturated carbocycles. The van der Waals surface area contributed by atoms with Crippen molar-refractivity contribution in [3.05, 3.63) is 71.1 Å². The van der Waals surface area contributed by atoms with Crippen molar-refractivity contribution < 1.29 is 32.7 Å². The fraction of sp³-hybridized carbons (Fsp3) is 0.333. The Labute approximate surface area is 231 Å². The average molecular weight is 576 g/mol. The van der Waals surface area contributed by atoms with Gasteiger partial charge in [-0.2, -0.15) is 18.2 Å². The highest BCUT2D eigenvalue weighted by Crippen LogP contribution is 2.38. The summed E-state index contributed by atoms with van der Waals surface area (Å²) < 4.78 is 48.2. The van der Waals surface area contributed by atoms with Crippen molar-refractivity contribution in [1.29, 1.82) is 0 Å². The number of carbonyl (C=O) groups is 1. The summed E-state index contributed by atoms with van der Waals surface area (Å²) in [6, 6.07) is 12.5. The summed E-state index contributed by atoms with van der Waals surface area (Å²) >= 11 is 5.87. The summed E-state index contributed by atoms with van der Waals surface area (Å²) in [6.45, 7) is 1.75. The molecule has 3 heterocycles. The normalized spacial score (nSPS) is 17.2. The lowest BCUT2D eigenvalue weighted by atomic mass is 9.94. The minimum absolute atomic E-state index is 0.0590. The highest BCUT2D eigenvalue weighted by Gasteiger charge is 2.40. The summed E-state index contributed by atoms with van der Waals surface area (Å²) in [4.78, 5) is 21.2. The quantitative estimate of drug-likeness (QED) is 0.284. The van der Waals surface area contributed by atoms with Gasteiger partial charge in [-0.05, 0) is 55.1 Å². The van der Waals surface area contributed by atoms with E-state index >= 15 is 0 Å². The molecule has 0 unspecified atom stereocenters. The second kappa shape index (κ2) is 11.4. The van der Waals surface area contributed by atoms with Crippen LogP contribution in [0.1, 0.15) is 36.6 Å². The summed E-state index contributed by atoms with van der Waals surface area (Å²) in [5.41, 5.74) is -0.237. The number of benzene rings is 2. The number of aliphatic hydroxyl groups excluding tert-OH is 1. The Morgan fingerprint density at radius 1 is 1.15 bits per heavy atom. The van der Waals surface area contributed by atoms with Crippen molar-refractivity contribution >= 4 is 17.6 Å². The van der Waals surface area contributed by atoms with Crippen molar-refractivity contribution in [3.63, 3.8) is 0 Å². The van der Waals surface area contributed by atoms with Crippen LogP contribution in [-0.2, 0) is 11.0 Å². The molecule has 0 bridgehead atoms. The predicted molar refractivity (Wildman–Crippen MR) is 139 cm³/mol. The van der Waals surface area contributed by atoms with Gasteiger partial charge in [0.25, 0.3) is 5.89 Å². The molecular weight excluding hydrogens is 551 g/mol. The maximum Gasteiger partial charge on any atom is 0.434 e. The second-order valence-electron chi connectivity index (χ2n) is 9.71. The van der Waals surface area contributed by atoms with E-state index < -0.39 is 29.6 Å². The molecule has 4 aromatic rings. The van der Waals surface area contributed by atoms with Crippen LogP contribution in [0.5, 0.6) is 0 Å². The van der Waals surface area contributed by atoms with Gasteiger partial charge in [0.2, 0.25) is 5.82 Å². The summed E-state index contributed by atoms with van der Waals surface area (Å²) in [6.07, 6.45) is -2.69. The molecule has 0 amide bonds. The van der Waals surface area contributed by atoms with Crippen LogP contribution in [-0.4, -0.2) is 60.4 Å². The lowest BCUT2D eigenvalue weighted by molar-refractivity contribution is -0.142. The van der Waals surface area contributed by atoms with Crippen LogP contribution in [0.3, 0.4) is 0 Å². The summed E-state index contributed by atoms with van der Waals surface area (Å²) in [5, 5.41) is 24.0. The smallest absolute Gasteiger partial charge is 0.434 e. The van der Waals surface area contributed by atoms with Gasteiger partial charge in [0.05, 0.1) is 6.10 Å². The third-order valence-electron chi connectivity index (χ3n) is 6.82. The Kier molecular flexibility index (Phi) is 7.92. The van der Waals surface area contributed by atoms with E-state index in [1.54, 1.807) is 24.3 Å². The van der Waals surface area contributed by atoms with Crippen LogP contribution in [0.2, 0.25) is 5.02 Å². The molecule has 2 N–H and O–H groups in total. The van der Waals surface area contributed by atoms with Gasteiger partial charge in [0.1, 0.15) is 6.33 Å². The van der Waals surface area contributed by atoms with E-state index in [4.69, 9.17) is 21.2 Å². The predicted octanol–water partition coefficient (Wildman–Crippen LogP) is 5.48. The fourth-order valence-electron chi connectivity index (χ4n) is 4.95. The molecule has 0 aliphatic carbocycles. The van der Waals surface area contributed by atoms with Crippen LogP contribution in [0.4, 0.5) is 13.2 Å². The van der Waals surface area contributed by atoms with Crippen LogP contribution >= 0.6 is 11.6 Å². The van der Waals surface area contributed by atoms with Crippen molar-refractivity contribution in [3.8, 4) is 28.7 Å². The number of β-amino-alcohol motifs (C(OH)–C–C–N with tert-alkyl or cyclic N) is 1. The SMILES string of the molecule is O=C(O)C[C@H]1CCCN(C[C@H](O)c2ccc(-c3noc(-c4ncn(-c5ccc(Cl)cc5)c4C(F)(F)F)n3)cc2)C1. The molecule has 13 heteroatoms. The first-order chi connectivity index (χ1) is 19.1. The Morgan fingerprint density at radius 2 is 1.88 bits per heavy atom. The van der Waals surface area contributed by atoms with Crippen molar-refractivity contribution in [2.75, 3.05) is 19.6 Å². The number of hydrogen-bond donors (Lipinski definition) is 2. The number of piperidine rings is 1. The Hall–Kier alpha value is -3.74. The summed E-state index contributed by atoms with van der Waals surface area (Å²) in [5.74, 6) is -1.08. The lowest BCUT2D eigenvalue weighted by Crippen LogP contribution is -2.38. The van der Waals surface area contributed by atoms with Gasteiger partial charge in [-0.1, -0.05) is 41.0 Å². The first-order valence-corrected chi connectivity index (χ1v) is 12.9. The molecule has 1 fully saturated rings. The molecule has 5 rings (SSSR count). The number of halogens is 4. The van der Waals surface area contributed by atoms with Crippen molar-refractivity contribution in [2.24, 2.45) is 5.92 Å². The monoisotopic (exact) mass is 575 g/mol. The zero-order valence-electron chi connectivity index (χ0n) is 21.1. The number of imidazole rings is 1. The maximum atomic E-state index is 14.1. The average Bonchev–Trinajstić information content (AvgIpc) is 3.57. The first-order valence-electron chi connectivity index (χ1n) is 12.6. The minimum atomic E-state index is -4.76. The Balaban J connectivity index is 1.32. The molecule has 210 valence electrons. The lowest BCUT2D eigenvalue weighted by Gasteiger charge is -2.33. The first kappa shape index (κ1) is 27.8. The Morgan fingerprint density at radius 3 is 2.55 bits per heavy atom. The number of alkyl halides is 3. The number of carboxylic acid groups (broad SMARTS) is 1. The number of aliphatic hydroxyl groups is 1. The van der Waals surface area contributed by atoms with Gasteiger partial charge in [-0.3, -0.25) is 9.36 Å². The van der Waals surface area contributed by atoms with Gasteiger partial charge in [-0.15, -0.1) is 0 Å². The highest BCUT2D eigenvalue weighted by atomic mass is 35.5. The van der Waals surface area contributed by atoms with E-state index in [9.17, 15) is 23.1 Å². The standard InChI is InChI=1S/C27H25ClF3N5O4/c28-19-7-9-20(10-8-19)36-15-32-23(24(36)27(29,30)31)26-33-25(34-40-26)18-5-3-17(4-6-18)21(37)14-35-11-1-2-16(13-35)12-22(38)39/h3-10,15-16,21,37H,1-2,11-14H2,(H,38,39)/t16-,21+/m1/s1. The maximum absolute atomic E-state index is 14.1. The zero-order valence-corrected chi connectivity index (χ0v) is 21.8. The molecular formula is C27H25ClF3N5O4. The van der Waals surface area contributed by atoms with Gasteiger partial charge in [0, 0.05) is 35.8 Å². The van der Waals surface area contributed by atoms with Crippen LogP contribution < -0.4 is 0 Å². The van der Waals surface area contributed by atoms with Crippen LogP contribution in [0, 0.1) is 5.92 Å². The molecule has 40 heavy (non-hydrogen) atoms.